The van der Waals surface area contributed by atoms with Gasteiger partial charge in [0.15, 0.2) is 0 Å². The van der Waals surface area contributed by atoms with E-state index in [-0.39, 0.29) is 35.9 Å². The molecular weight excluding hydrogens is 278 g/mol. The van der Waals surface area contributed by atoms with Crippen LogP contribution in [0, 0.1) is 11.8 Å². The maximum absolute atomic E-state index is 12.4. The number of hydrogen-bond donors (Lipinski definition) is 0. The van der Waals surface area contributed by atoms with Gasteiger partial charge in [-0.05, 0) is 6.42 Å². The molecule has 0 aromatic heterocycles. The van der Waals surface area contributed by atoms with E-state index in [4.69, 9.17) is 4.74 Å². The quantitative estimate of drug-likeness (QED) is 0.374. The molecule has 0 aromatic carbocycles. The first kappa shape index (κ1) is 15.7. The van der Waals surface area contributed by atoms with Gasteiger partial charge in [-0.3, -0.25) is 14.5 Å². The normalized spacial score (nSPS) is 32.3. The zero-order valence-electron chi connectivity index (χ0n) is 13.5. The highest BCUT2D eigenvalue weighted by Gasteiger charge is 2.60. The van der Waals surface area contributed by atoms with E-state index in [1.54, 1.807) is 0 Å². The number of fused-ring (bicyclic) bond motifs is 5. The predicted molar refractivity (Wildman–Crippen MR) is 84.1 cm³/mol. The van der Waals surface area contributed by atoms with Crippen molar-refractivity contribution < 1.29 is 14.3 Å². The Labute approximate surface area is 132 Å². The van der Waals surface area contributed by atoms with Crippen molar-refractivity contribution in [2.75, 3.05) is 6.54 Å². The number of ether oxygens (including phenoxy) is 1. The lowest BCUT2D eigenvalue weighted by Crippen LogP contribution is -2.35. The van der Waals surface area contributed by atoms with Crippen LogP contribution in [0.1, 0.15) is 58.3 Å². The number of hydrogen-bond acceptors (Lipinski definition) is 3. The van der Waals surface area contributed by atoms with Crippen molar-refractivity contribution in [3.05, 3.63) is 12.2 Å². The van der Waals surface area contributed by atoms with Crippen molar-refractivity contribution in [3.8, 4) is 0 Å². The van der Waals surface area contributed by atoms with Crippen molar-refractivity contribution in [2.24, 2.45) is 11.8 Å². The number of unbranched alkanes of at least 4 members (excludes halogenated alkanes) is 7. The molecule has 2 fully saturated rings. The number of imide groups is 1. The van der Waals surface area contributed by atoms with Crippen molar-refractivity contribution in [1.29, 1.82) is 0 Å². The average Bonchev–Trinajstić information content (AvgIpc) is 3.18. The van der Waals surface area contributed by atoms with E-state index < -0.39 is 0 Å². The van der Waals surface area contributed by atoms with Crippen LogP contribution in [0.25, 0.3) is 0 Å². The van der Waals surface area contributed by atoms with Crippen LogP contribution in [0.4, 0.5) is 0 Å². The largest absolute Gasteiger partial charge is 0.365 e. The molecule has 3 heterocycles. The zero-order valence-corrected chi connectivity index (χ0v) is 13.5. The lowest BCUT2D eigenvalue weighted by atomic mass is 9.85. The van der Waals surface area contributed by atoms with Crippen molar-refractivity contribution in [3.63, 3.8) is 0 Å². The van der Waals surface area contributed by atoms with Gasteiger partial charge in [-0.15, -0.1) is 0 Å². The van der Waals surface area contributed by atoms with Gasteiger partial charge in [-0.1, -0.05) is 64.0 Å². The molecule has 0 aromatic rings. The third kappa shape index (κ3) is 2.85. The van der Waals surface area contributed by atoms with Gasteiger partial charge in [0.1, 0.15) is 0 Å². The van der Waals surface area contributed by atoms with Gasteiger partial charge in [-0.25, -0.2) is 0 Å². The third-order valence-corrected chi connectivity index (χ3v) is 5.24. The van der Waals surface area contributed by atoms with Crippen LogP contribution in [0.15, 0.2) is 12.2 Å². The molecule has 3 aliphatic heterocycles. The van der Waals surface area contributed by atoms with E-state index in [1.807, 2.05) is 12.2 Å². The van der Waals surface area contributed by atoms with Crippen LogP contribution in [0.3, 0.4) is 0 Å². The molecular formula is C18H27NO3. The summed E-state index contributed by atoms with van der Waals surface area (Å²) in [7, 11) is 0. The highest BCUT2D eigenvalue weighted by Crippen LogP contribution is 2.45. The van der Waals surface area contributed by atoms with Gasteiger partial charge < -0.3 is 4.74 Å². The summed E-state index contributed by atoms with van der Waals surface area (Å²) in [6.07, 6.45) is 13.4. The molecule has 2 saturated heterocycles. The number of nitrogens with zero attached hydrogens (tertiary/aromatic N) is 1. The van der Waals surface area contributed by atoms with E-state index in [0.717, 1.165) is 12.8 Å². The number of rotatable bonds is 9. The van der Waals surface area contributed by atoms with Gasteiger partial charge in [0, 0.05) is 6.54 Å². The third-order valence-electron chi connectivity index (χ3n) is 5.24. The second kappa shape index (κ2) is 6.95. The van der Waals surface area contributed by atoms with Gasteiger partial charge in [0.05, 0.1) is 24.0 Å². The Kier molecular flexibility index (Phi) is 4.97. The van der Waals surface area contributed by atoms with Crippen LogP contribution < -0.4 is 0 Å². The zero-order chi connectivity index (χ0) is 15.5. The minimum Gasteiger partial charge on any atom is -0.365 e. The SMILES string of the molecule is CCCCCCCCCCN1C(=O)[C@@H]2[C@H](C1=O)[C@H]1C=C[C@@H]2O1. The maximum Gasteiger partial charge on any atom is 0.236 e. The molecule has 0 radical (unpaired) electrons. The van der Waals surface area contributed by atoms with E-state index >= 15 is 0 Å². The first-order chi connectivity index (χ1) is 10.7. The Morgan fingerprint density at radius 2 is 1.36 bits per heavy atom. The van der Waals surface area contributed by atoms with Crippen LogP contribution in [0.2, 0.25) is 0 Å². The summed E-state index contributed by atoms with van der Waals surface area (Å²) in [5.41, 5.74) is 0. The molecule has 2 amide bonds. The lowest BCUT2D eigenvalue weighted by Gasteiger charge is -2.17. The van der Waals surface area contributed by atoms with Gasteiger partial charge >= 0.3 is 0 Å². The Hall–Kier alpha value is -1.16. The Balaban J connectivity index is 1.37. The molecule has 0 N–H and O–H groups in total. The second-order valence-electron chi connectivity index (χ2n) is 6.80. The molecule has 3 aliphatic rings. The summed E-state index contributed by atoms with van der Waals surface area (Å²) in [6.45, 7) is 2.82. The van der Waals surface area contributed by atoms with Gasteiger partial charge in [0.25, 0.3) is 0 Å². The fraction of sp³-hybridized carbons (Fsp3) is 0.778. The molecule has 4 atom stereocenters. The summed E-state index contributed by atoms with van der Waals surface area (Å²) in [4.78, 5) is 26.3. The van der Waals surface area contributed by atoms with Crippen molar-refractivity contribution in [2.45, 2.75) is 70.5 Å². The summed E-state index contributed by atoms with van der Waals surface area (Å²) in [5, 5.41) is 0. The standard InChI is InChI=1S/C18H27NO3/c1-2-3-4-5-6-7-8-9-12-19-17(20)15-13-10-11-14(22-13)16(15)18(19)21/h10-11,13-16H,2-9,12H2,1H3/t13-,14+,15-,16+. The minimum atomic E-state index is -0.239. The maximum atomic E-state index is 12.4. The molecule has 22 heavy (non-hydrogen) atoms. The molecule has 0 unspecified atom stereocenters. The summed E-state index contributed by atoms with van der Waals surface area (Å²) < 4.78 is 5.64. The van der Waals surface area contributed by atoms with Crippen LogP contribution in [-0.4, -0.2) is 35.5 Å². The molecule has 0 aliphatic carbocycles. The fourth-order valence-corrected chi connectivity index (χ4v) is 3.99. The highest BCUT2D eigenvalue weighted by molar-refractivity contribution is 6.06. The summed E-state index contributed by atoms with van der Waals surface area (Å²) >= 11 is 0. The monoisotopic (exact) mass is 305 g/mol. The van der Waals surface area contributed by atoms with Crippen molar-refractivity contribution in [1.82, 2.24) is 4.90 Å². The molecule has 3 rings (SSSR count). The Morgan fingerprint density at radius 1 is 0.864 bits per heavy atom. The second-order valence-corrected chi connectivity index (χ2v) is 6.80. The number of likely N-dealkylation sites (tertiary alicyclic amines) is 1. The van der Waals surface area contributed by atoms with E-state index in [0.29, 0.717) is 6.54 Å². The molecule has 122 valence electrons. The summed E-state index contributed by atoms with van der Waals surface area (Å²) in [5.74, 6) is -0.488. The van der Waals surface area contributed by atoms with Gasteiger partial charge in [-0.2, -0.15) is 0 Å². The number of carbonyl (C=O) groups is 2. The predicted octanol–water partition coefficient (Wildman–Crippen LogP) is 3.07. The lowest BCUT2D eigenvalue weighted by molar-refractivity contribution is -0.142. The molecule has 0 saturated carbocycles. The molecule has 0 spiro atoms. The van der Waals surface area contributed by atoms with Crippen molar-refractivity contribution >= 4 is 11.8 Å². The summed E-state index contributed by atoms with van der Waals surface area (Å²) in [6, 6.07) is 0. The Morgan fingerprint density at radius 3 is 1.91 bits per heavy atom. The highest BCUT2D eigenvalue weighted by atomic mass is 16.5. The van der Waals surface area contributed by atoms with E-state index in [9.17, 15) is 9.59 Å². The molecule has 4 heteroatoms. The Bertz CT molecular complexity index is 429. The first-order valence-electron chi connectivity index (χ1n) is 8.93. The first-order valence-corrected chi connectivity index (χ1v) is 8.93. The molecule has 4 nitrogen and oxygen atoms in total. The van der Waals surface area contributed by atoms with Crippen LogP contribution in [0.5, 0.6) is 0 Å². The van der Waals surface area contributed by atoms with Gasteiger partial charge in [0.2, 0.25) is 11.8 Å². The fourth-order valence-electron chi connectivity index (χ4n) is 3.99. The van der Waals surface area contributed by atoms with E-state index in [2.05, 4.69) is 6.92 Å². The number of carbonyl (C=O) groups excluding carboxylic acids is 2. The number of amides is 2. The average molecular weight is 305 g/mol. The topological polar surface area (TPSA) is 46.6 Å². The van der Waals surface area contributed by atoms with Crippen LogP contribution in [-0.2, 0) is 14.3 Å². The smallest absolute Gasteiger partial charge is 0.236 e. The molecule has 2 bridgehead atoms. The van der Waals surface area contributed by atoms with Crippen LogP contribution >= 0.6 is 0 Å². The minimum absolute atomic E-state index is 0.00482. The van der Waals surface area contributed by atoms with E-state index in [1.165, 1.54) is 43.4 Å².